The monoisotopic (exact) mass is 545 g/mol. The van der Waals surface area contributed by atoms with Crippen molar-refractivity contribution in [2.24, 2.45) is 11.3 Å². The van der Waals surface area contributed by atoms with Crippen molar-refractivity contribution in [3.05, 3.63) is 66.2 Å². The Morgan fingerprint density at radius 3 is 2.26 bits per heavy atom. The van der Waals surface area contributed by atoms with Gasteiger partial charge in [0.15, 0.2) is 17.4 Å². The molecule has 0 radical (unpaired) electrons. The molecule has 10 heteroatoms. The Morgan fingerprint density at radius 2 is 1.64 bits per heavy atom. The lowest BCUT2D eigenvalue weighted by Gasteiger charge is -2.40. The minimum Gasteiger partial charge on any atom is -0.503 e. The molecule has 0 amide bonds. The highest BCUT2D eigenvalue weighted by molar-refractivity contribution is 5.85. The molecule has 1 saturated carbocycles. The van der Waals surface area contributed by atoms with Crippen LogP contribution in [0.25, 0.3) is 22.2 Å². The molecule has 0 spiro atoms. The van der Waals surface area contributed by atoms with Crippen molar-refractivity contribution in [1.82, 2.24) is 9.55 Å². The van der Waals surface area contributed by atoms with Crippen LogP contribution in [0.1, 0.15) is 46.1 Å². The summed E-state index contributed by atoms with van der Waals surface area (Å²) < 4.78 is 71.9. The number of aromatic hydroxyl groups is 1. The first-order valence-corrected chi connectivity index (χ1v) is 12.6. The van der Waals surface area contributed by atoms with E-state index in [2.05, 4.69) is 35.4 Å². The normalized spacial score (nSPS) is 19.3. The maximum Gasteiger partial charge on any atom is 0.573 e. The number of imidazole rings is 1. The van der Waals surface area contributed by atoms with Crippen LogP contribution < -0.4 is 10.1 Å². The molecule has 3 aromatic carbocycles. The highest BCUT2D eigenvalue weighted by Crippen LogP contribution is 2.46. The van der Waals surface area contributed by atoms with Gasteiger partial charge in [0.2, 0.25) is 5.95 Å². The van der Waals surface area contributed by atoms with Crippen LogP contribution in [0.4, 0.5) is 33.6 Å². The zero-order valence-corrected chi connectivity index (χ0v) is 21.6. The molecule has 1 aliphatic rings. The predicted octanol–water partition coefficient (Wildman–Crippen LogP) is 8.72. The van der Waals surface area contributed by atoms with Gasteiger partial charge >= 0.3 is 6.36 Å². The summed E-state index contributed by atoms with van der Waals surface area (Å²) in [6.45, 7) is 6.67. The fourth-order valence-corrected chi connectivity index (χ4v) is 5.83. The molecule has 0 saturated heterocycles. The van der Waals surface area contributed by atoms with Crippen LogP contribution >= 0.6 is 0 Å². The van der Waals surface area contributed by atoms with E-state index in [1.54, 1.807) is 12.1 Å². The van der Waals surface area contributed by atoms with Gasteiger partial charge in [0.05, 0.1) is 11.0 Å². The summed E-state index contributed by atoms with van der Waals surface area (Å²) in [7, 11) is 0. The standard InChI is InChI=1S/C29H28F5N3O2/c1-16-10-20(15-28(2,3)14-16)37-25-9-4-17(18-11-22(30)26(38)23(31)12-18)13-24(25)36-27(37)35-19-5-7-21(8-6-19)39-29(32,33)34/h4-9,11-13,16,20,38H,10,14-15H2,1-3H3,(H,35,36)/t16-,20+/m1/s1. The largest absolute Gasteiger partial charge is 0.573 e. The number of nitrogens with zero attached hydrogens (tertiary/aromatic N) is 2. The molecule has 4 aromatic rings. The number of benzene rings is 3. The molecular weight excluding hydrogens is 517 g/mol. The van der Waals surface area contributed by atoms with Gasteiger partial charge in [0.25, 0.3) is 0 Å². The molecular formula is C29H28F5N3O2. The van der Waals surface area contributed by atoms with E-state index in [-0.39, 0.29) is 22.8 Å². The van der Waals surface area contributed by atoms with Crippen LogP contribution in [0, 0.1) is 23.0 Å². The summed E-state index contributed by atoms with van der Waals surface area (Å²) >= 11 is 0. The molecule has 0 aliphatic heterocycles. The van der Waals surface area contributed by atoms with Crippen molar-refractivity contribution in [3.63, 3.8) is 0 Å². The molecule has 1 aromatic heterocycles. The number of aromatic nitrogens is 2. The van der Waals surface area contributed by atoms with E-state index >= 15 is 0 Å². The number of fused-ring (bicyclic) bond motifs is 1. The number of hydrogen-bond acceptors (Lipinski definition) is 4. The second-order valence-electron chi connectivity index (χ2n) is 11.1. The van der Waals surface area contributed by atoms with E-state index in [0.29, 0.717) is 28.6 Å². The fraction of sp³-hybridized carbons (Fsp3) is 0.345. The molecule has 0 bridgehead atoms. The lowest BCUT2D eigenvalue weighted by atomic mass is 9.70. The number of hydrogen-bond donors (Lipinski definition) is 2. The van der Waals surface area contributed by atoms with Crippen molar-refractivity contribution >= 4 is 22.7 Å². The highest BCUT2D eigenvalue weighted by atomic mass is 19.4. The van der Waals surface area contributed by atoms with Crippen LogP contribution in [0.3, 0.4) is 0 Å². The van der Waals surface area contributed by atoms with Crippen LogP contribution in [0.15, 0.2) is 54.6 Å². The van der Waals surface area contributed by atoms with Crippen molar-refractivity contribution in [2.45, 2.75) is 52.4 Å². The third-order valence-electron chi connectivity index (χ3n) is 7.11. The third kappa shape index (κ3) is 5.79. The van der Waals surface area contributed by atoms with E-state index in [1.807, 2.05) is 6.07 Å². The number of phenols is 1. The van der Waals surface area contributed by atoms with Gasteiger partial charge in [-0.2, -0.15) is 0 Å². The van der Waals surface area contributed by atoms with Crippen molar-refractivity contribution in [3.8, 4) is 22.6 Å². The van der Waals surface area contributed by atoms with Gasteiger partial charge in [-0.05, 0) is 90.3 Å². The number of alkyl halides is 3. The second kappa shape index (κ2) is 9.73. The van der Waals surface area contributed by atoms with Crippen LogP contribution in [0.5, 0.6) is 11.5 Å². The highest BCUT2D eigenvalue weighted by Gasteiger charge is 2.35. The lowest BCUT2D eigenvalue weighted by Crippen LogP contribution is -2.29. The van der Waals surface area contributed by atoms with Gasteiger partial charge in [-0.1, -0.05) is 26.8 Å². The molecule has 5 nitrogen and oxygen atoms in total. The summed E-state index contributed by atoms with van der Waals surface area (Å²) in [6, 6.07) is 12.9. The first kappa shape index (κ1) is 26.8. The molecule has 39 heavy (non-hydrogen) atoms. The molecule has 1 fully saturated rings. The Morgan fingerprint density at radius 1 is 0.974 bits per heavy atom. The first-order valence-electron chi connectivity index (χ1n) is 12.6. The van der Waals surface area contributed by atoms with Gasteiger partial charge in [-0.3, -0.25) is 0 Å². The molecule has 2 N–H and O–H groups in total. The molecule has 2 atom stereocenters. The minimum atomic E-state index is -4.78. The summed E-state index contributed by atoms with van der Waals surface area (Å²) in [5.41, 5.74) is 2.77. The van der Waals surface area contributed by atoms with Gasteiger partial charge < -0.3 is 19.7 Å². The topological polar surface area (TPSA) is 59.3 Å². The number of nitrogens with one attached hydrogen (secondary N) is 1. The number of ether oxygens (including phenoxy) is 1. The fourth-order valence-electron chi connectivity index (χ4n) is 5.83. The predicted molar refractivity (Wildman–Crippen MR) is 139 cm³/mol. The SMILES string of the molecule is C[C@@H]1C[C@H](n2c(Nc3ccc(OC(F)(F)F)cc3)nc3cc(-c4cc(F)c(O)c(F)c4)ccc32)CC(C)(C)C1. The second-order valence-corrected chi connectivity index (χ2v) is 11.1. The van der Waals surface area contributed by atoms with Gasteiger partial charge in [0, 0.05) is 11.7 Å². The number of rotatable bonds is 5. The van der Waals surface area contributed by atoms with E-state index < -0.39 is 23.7 Å². The van der Waals surface area contributed by atoms with E-state index in [0.717, 1.165) is 36.9 Å². The number of halogens is 5. The third-order valence-corrected chi connectivity index (χ3v) is 7.11. The first-order chi connectivity index (χ1) is 18.3. The van der Waals surface area contributed by atoms with Crippen LogP contribution in [-0.2, 0) is 0 Å². The van der Waals surface area contributed by atoms with Gasteiger partial charge in [-0.25, -0.2) is 13.8 Å². The van der Waals surface area contributed by atoms with Crippen LogP contribution in [0.2, 0.25) is 0 Å². The number of phenolic OH excluding ortho intramolecular Hbond substituents is 1. The Kier molecular flexibility index (Phi) is 6.68. The van der Waals surface area contributed by atoms with Crippen molar-refractivity contribution in [1.29, 1.82) is 0 Å². The van der Waals surface area contributed by atoms with E-state index in [1.165, 1.54) is 24.3 Å². The van der Waals surface area contributed by atoms with Crippen molar-refractivity contribution < 1.29 is 31.8 Å². The average Bonchev–Trinajstić information content (AvgIpc) is 3.18. The quantitative estimate of drug-likeness (QED) is 0.246. The van der Waals surface area contributed by atoms with Gasteiger partial charge in [-0.15, -0.1) is 13.2 Å². The maximum atomic E-state index is 14.0. The van der Waals surface area contributed by atoms with Gasteiger partial charge in [0.1, 0.15) is 5.75 Å². The summed E-state index contributed by atoms with van der Waals surface area (Å²) in [5.74, 6) is -2.52. The summed E-state index contributed by atoms with van der Waals surface area (Å²) in [4.78, 5) is 4.79. The molecule has 206 valence electrons. The summed E-state index contributed by atoms with van der Waals surface area (Å²) in [6.07, 6.45) is -1.89. The molecule has 1 heterocycles. The van der Waals surface area contributed by atoms with E-state index in [9.17, 15) is 27.1 Å². The van der Waals surface area contributed by atoms with E-state index in [4.69, 9.17) is 4.98 Å². The zero-order valence-electron chi connectivity index (χ0n) is 21.6. The lowest BCUT2D eigenvalue weighted by molar-refractivity contribution is -0.274. The molecule has 5 rings (SSSR count). The Labute approximate surface area is 222 Å². The molecule has 1 aliphatic carbocycles. The minimum absolute atomic E-state index is 0.0911. The average molecular weight is 546 g/mol. The molecule has 0 unspecified atom stereocenters. The maximum absolute atomic E-state index is 14.0. The van der Waals surface area contributed by atoms with Crippen LogP contribution in [-0.4, -0.2) is 21.0 Å². The summed E-state index contributed by atoms with van der Waals surface area (Å²) in [5, 5.41) is 12.7. The smallest absolute Gasteiger partial charge is 0.503 e. The zero-order chi connectivity index (χ0) is 28.1. The van der Waals surface area contributed by atoms with Crippen molar-refractivity contribution in [2.75, 3.05) is 5.32 Å². The number of anilines is 2. The Hall–Kier alpha value is -3.82. The Balaban J connectivity index is 1.57. The Bertz CT molecular complexity index is 1490.